The van der Waals surface area contributed by atoms with Gasteiger partial charge in [0.15, 0.2) is 0 Å². The molecular formula is C14H29N3Ti. The summed E-state index contributed by atoms with van der Waals surface area (Å²) in [5, 5.41) is 10.5. The summed E-state index contributed by atoms with van der Waals surface area (Å²) in [5.74, 6) is 0.685. The fourth-order valence-electron chi connectivity index (χ4n) is 0.774. The quantitative estimate of drug-likeness (QED) is 0.543. The molecule has 0 spiro atoms. The largest absolute Gasteiger partial charge is 4.00 e. The minimum atomic E-state index is 0. The van der Waals surface area contributed by atoms with E-state index in [1.807, 2.05) is 0 Å². The zero-order valence-corrected chi connectivity index (χ0v) is 14.8. The van der Waals surface area contributed by atoms with Crippen LogP contribution in [0.25, 0.3) is 16.0 Å². The Morgan fingerprint density at radius 2 is 0.944 bits per heavy atom. The van der Waals surface area contributed by atoms with Crippen molar-refractivity contribution < 1.29 is 21.7 Å². The van der Waals surface area contributed by atoms with Crippen LogP contribution in [0.4, 0.5) is 0 Å². The molecule has 0 saturated heterocycles. The van der Waals surface area contributed by atoms with Crippen molar-refractivity contribution in [2.24, 2.45) is 0 Å². The molecule has 0 aliphatic rings. The minimum absolute atomic E-state index is 0. The van der Waals surface area contributed by atoms with Gasteiger partial charge < -0.3 is 16.0 Å². The fourth-order valence-corrected chi connectivity index (χ4v) is 0.774. The van der Waals surface area contributed by atoms with Crippen LogP contribution in [-0.4, -0.2) is 42.3 Å². The monoisotopic (exact) mass is 287 g/mol. The van der Waals surface area contributed by atoms with Gasteiger partial charge in [-0.05, 0) is 0 Å². The summed E-state index contributed by atoms with van der Waals surface area (Å²) in [6.45, 7) is 4.41. The summed E-state index contributed by atoms with van der Waals surface area (Å²) in [5.41, 5.74) is 1.44. The van der Waals surface area contributed by atoms with E-state index in [-0.39, 0.29) is 21.7 Å². The predicted molar refractivity (Wildman–Crippen MR) is 81.7 cm³/mol. The molecule has 0 heterocycles. The Bertz CT molecular complexity index is 182. The van der Waals surface area contributed by atoms with Gasteiger partial charge in [-0.3, -0.25) is 0 Å². The van der Waals surface area contributed by atoms with E-state index in [1.165, 1.54) is 5.56 Å². The first kappa shape index (κ1) is 26.5. The van der Waals surface area contributed by atoms with Crippen LogP contribution in [0.1, 0.15) is 25.3 Å². The topological polar surface area (TPSA) is 42.3 Å². The molecule has 1 aromatic rings. The summed E-state index contributed by atoms with van der Waals surface area (Å²) in [4.78, 5) is 0. The van der Waals surface area contributed by atoms with Crippen LogP contribution in [0.3, 0.4) is 0 Å². The Labute approximate surface area is 129 Å². The molecule has 18 heavy (non-hydrogen) atoms. The molecule has 0 unspecified atom stereocenters. The second-order valence-corrected chi connectivity index (χ2v) is 3.71. The van der Waals surface area contributed by atoms with Gasteiger partial charge in [0, 0.05) is 0 Å². The molecule has 1 rings (SSSR count). The van der Waals surface area contributed by atoms with Gasteiger partial charge in [-0.15, -0.1) is 0 Å². The van der Waals surface area contributed by atoms with Crippen molar-refractivity contribution in [2.45, 2.75) is 19.8 Å². The molecule has 0 amide bonds. The van der Waals surface area contributed by atoms with Gasteiger partial charge in [0.1, 0.15) is 0 Å². The van der Waals surface area contributed by atoms with Gasteiger partial charge in [0.2, 0.25) is 0 Å². The Balaban J connectivity index is -0.0000000840. The molecule has 0 bridgehead atoms. The fraction of sp³-hybridized carbons (Fsp3) is 0.643. The molecule has 3 nitrogen and oxygen atoms in total. The predicted octanol–water partition coefficient (Wildman–Crippen LogP) is 4.39. The van der Waals surface area contributed by atoms with Crippen molar-refractivity contribution in [2.75, 3.05) is 42.3 Å². The first-order chi connectivity index (χ1) is 8.05. The third-order valence-corrected chi connectivity index (χ3v) is 1.36. The molecule has 104 valence electrons. The van der Waals surface area contributed by atoms with Crippen molar-refractivity contribution in [3.8, 4) is 0 Å². The van der Waals surface area contributed by atoms with E-state index in [0.29, 0.717) is 5.92 Å². The van der Waals surface area contributed by atoms with Gasteiger partial charge >= 0.3 is 21.7 Å². The van der Waals surface area contributed by atoms with E-state index in [2.05, 4.69) is 54.1 Å². The van der Waals surface area contributed by atoms with Crippen LogP contribution in [-0.2, 0) is 21.7 Å². The molecule has 0 N–H and O–H groups in total. The van der Waals surface area contributed by atoms with Gasteiger partial charge in [0.05, 0.1) is 0 Å². The van der Waals surface area contributed by atoms with Gasteiger partial charge in [-0.1, -0.05) is 19.8 Å². The average Bonchev–Trinajstić information content (AvgIpc) is 2.73. The minimum Gasteiger partial charge on any atom is -0.668 e. The van der Waals surface area contributed by atoms with E-state index in [0.717, 1.165) is 0 Å². The van der Waals surface area contributed by atoms with Crippen LogP contribution in [0.5, 0.6) is 0 Å². The SMILES string of the molecule is CC(C)[c-]1cccc1.C[N-]C.C[N-]C.C[N-]C.[Ti+4]. The number of nitrogens with zero attached hydrogens (tertiary/aromatic N) is 3. The van der Waals surface area contributed by atoms with Crippen LogP contribution in [0, 0.1) is 0 Å². The first-order valence-electron chi connectivity index (χ1n) is 5.70. The number of hydrogen-bond donors (Lipinski definition) is 0. The summed E-state index contributed by atoms with van der Waals surface area (Å²) in [6, 6.07) is 8.47. The molecule has 0 aromatic heterocycles. The molecule has 4 heteroatoms. The second kappa shape index (κ2) is 25.7. The van der Waals surface area contributed by atoms with Gasteiger partial charge in [-0.25, -0.2) is 12.1 Å². The van der Waals surface area contributed by atoms with Gasteiger partial charge in [-0.2, -0.15) is 60.0 Å². The Morgan fingerprint density at radius 1 is 0.722 bits per heavy atom. The Hall–Kier alpha value is -0.0557. The average molecular weight is 287 g/mol. The van der Waals surface area contributed by atoms with Crippen molar-refractivity contribution >= 4 is 0 Å². The molecule has 0 atom stereocenters. The third kappa shape index (κ3) is 29.7. The molecule has 0 radical (unpaired) electrons. The molecule has 0 fully saturated rings. The van der Waals surface area contributed by atoms with Crippen LogP contribution in [0.15, 0.2) is 24.3 Å². The maximum absolute atomic E-state index is 3.50. The van der Waals surface area contributed by atoms with Crippen LogP contribution >= 0.6 is 0 Å². The molecule has 0 aliphatic carbocycles. The summed E-state index contributed by atoms with van der Waals surface area (Å²) < 4.78 is 0. The van der Waals surface area contributed by atoms with Gasteiger partial charge in [0.25, 0.3) is 0 Å². The zero-order chi connectivity index (χ0) is 14.1. The summed E-state index contributed by atoms with van der Waals surface area (Å²) in [6.07, 6.45) is 0. The van der Waals surface area contributed by atoms with Crippen molar-refractivity contribution in [3.05, 3.63) is 45.8 Å². The smallest absolute Gasteiger partial charge is 0.668 e. The molecule has 1 aromatic carbocycles. The summed E-state index contributed by atoms with van der Waals surface area (Å²) in [7, 11) is 10.5. The van der Waals surface area contributed by atoms with E-state index in [9.17, 15) is 0 Å². The Kier molecular flexibility index (Phi) is 37.8. The maximum Gasteiger partial charge on any atom is 4.00 e. The third-order valence-electron chi connectivity index (χ3n) is 1.36. The van der Waals surface area contributed by atoms with Crippen LogP contribution < -0.4 is 0 Å². The first-order valence-corrected chi connectivity index (χ1v) is 5.70. The maximum atomic E-state index is 3.50. The zero-order valence-electron chi connectivity index (χ0n) is 13.2. The van der Waals surface area contributed by atoms with E-state index >= 15 is 0 Å². The second-order valence-electron chi connectivity index (χ2n) is 3.71. The Morgan fingerprint density at radius 3 is 1.06 bits per heavy atom. The van der Waals surface area contributed by atoms with E-state index in [1.54, 1.807) is 42.3 Å². The van der Waals surface area contributed by atoms with Crippen molar-refractivity contribution in [3.63, 3.8) is 0 Å². The van der Waals surface area contributed by atoms with Crippen molar-refractivity contribution in [1.29, 1.82) is 0 Å². The van der Waals surface area contributed by atoms with E-state index < -0.39 is 0 Å². The molecule has 0 saturated carbocycles. The van der Waals surface area contributed by atoms with E-state index in [4.69, 9.17) is 0 Å². The number of rotatable bonds is 1. The number of hydrogen-bond acceptors (Lipinski definition) is 0. The molecule has 0 aliphatic heterocycles. The molecular weight excluding hydrogens is 258 g/mol. The summed E-state index contributed by atoms with van der Waals surface area (Å²) >= 11 is 0. The normalized spacial score (nSPS) is 7.61. The standard InChI is InChI=1S/C8H11.3C2H6N.Ti/c1-7(2)8-5-3-4-6-8;3*1-3-2;/h3-7H,1-2H3;3*1-2H3;/q4*-1;+4. The van der Waals surface area contributed by atoms with Crippen molar-refractivity contribution in [1.82, 2.24) is 0 Å². The van der Waals surface area contributed by atoms with Crippen LogP contribution in [0.2, 0.25) is 0 Å².